The molecule has 0 aliphatic heterocycles. The van der Waals surface area contributed by atoms with Gasteiger partial charge in [-0.3, -0.25) is 15.4 Å². The predicted octanol–water partition coefficient (Wildman–Crippen LogP) is 5.06. The molecule has 1 heterocycles. The van der Waals surface area contributed by atoms with Crippen LogP contribution in [0.15, 0.2) is 42.5 Å². The van der Waals surface area contributed by atoms with Gasteiger partial charge in [-0.05, 0) is 30.3 Å². The number of halogens is 2. The van der Waals surface area contributed by atoms with Crippen molar-refractivity contribution in [2.75, 3.05) is 10.6 Å². The van der Waals surface area contributed by atoms with Crippen LogP contribution in [0.1, 0.15) is 0 Å². The molecule has 8 nitrogen and oxygen atoms in total. The number of non-ortho nitro benzene ring substituents is 1. The van der Waals surface area contributed by atoms with Crippen molar-refractivity contribution in [1.82, 2.24) is 10.2 Å². The average Bonchev–Trinajstić information content (AvgIpc) is 3.06. The number of aromatic nitrogens is 2. The monoisotopic (exact) mass is 409 g/mol. The first-order valence-corrected chi connectivity index (χ1v) is 8.61. The Labute approximate surface area is 160 Å². The highest BCUT2D eigenvalue weighted by molar-refractivity contribution is 7.18. The van der Waals surface area contributed by atoms with E-state index in [-0.39, 0.29) is 10.8 Å². The summed E-state index contributed by atoms with van der Waals surface area (Å²) in [6.07, 6.45) is 0. The van der Waals surface area contributed by atoms with E-state index in [4.69, 9.17) is 23.2 Å². The van der Waals surface area contributed by atoms with Gasteiger partial charge in [0.25, 0.3) is 5.69 Å². The van der Waals surface area contributed by atoms with Gasteiger partial charge in [0, 0.05) is 23.4 Å². The van der Waals surface area contributed by atoms with Crippen molar-refractivity contribution in [1.29, 1.82) is 0 Å². The van der Waals surface area contributed by atoms with Crippen molar-refractivity contribution in [2.24, 2.45) is 0 Å². The Balaban J connectivity index is 1.66. The van der Waals surface area contributed by atoms with Gasteiger partial charge in [0.1, 0.15) is 5.01 Å². The third-order valence-electron chi connectivity index (χ3n) is 3.15. The number of nitrogens with zero attached hydrogens (tertiary/aromatic N) is 3. The van der Waals surface area contributed by atoms with Crippen LogP contribution in [0.5, 0.6) is 0 Å². The lowest BCUT2D eigenvalue weighted by Gasteiger charge is -2.05. The van der Waals surface area contributed by atoms with E-state index < -0.39 is 11.0 Å². The maximum atomic E-state index is 12.0. The van der Waals surface area contributed by atoms with Gasteiger partial charge in [0.2, 0.25) is 5.13 Å². The zero-order chi connectivity index (χ0) is 18.7. The zero-order valence-electron chi connectivity index (χ0n) is 12.8. The molecule has 0 aliphatic rings. The van der Waals surface area contributed by atoms with Crippen molar-refractivity contribution in [3.8, 4) is 10.6 Å². The molecule has 3 rings (SSSR count). The molecule has 11 heteroatoms. The smallest absolute Gasteiger partial charge is 0.308 e. The number of anilines is 2. The molecule has 3 aromatic rings. The van der Waals surface area contributed by atoms with Crippen molar-refractivity contribution in [3.05, 3.63) is 62.6 Å². The van der Waals surface area contributed by atoms with E-state index in [9.17, 15) is 14.9 Å². The van der Waals surface area contributed by atoms with Crippen molar-refractivity contribution in [2.45, 2.75) is 0 Å². The van der Waals surface area contributed by atoms with E-state index in [1.165, 1.54) is 18.2 Å². The minimum absolute atomic E-state index is 0.0161. The Morgan fingerprint density at radius 3 is 2.42 bits per heavy atom. The summed E-state index contributed by atoms with van der Waals surface area (Å²) in [5.74, 6) is 0. The van der Waals surface area contributed by atoms with E-state index in [1.54, 1.807) is 24.3 Å². The molecule has 0 saturated carbocycles. The summed E-state index contributed by atoms with van der Waals surface area (Å²) in [6, 6.07) is 10.1. The van der Waals surface area contributed by atoms with Crippen molar-refractivity contribution in [3.63, 3.8) is 0 Å². The zero-order valence-corrected chi connectivity index (χ0v) is 15.1. The average molecular weight is 410 g/mol. The van der Waals surface area contributed by atoms with E-state index in [0.29, 0.717) is 26.3 Å². The Kier molecular flexibility index (Phi) is 5.31. The highest BCUT2D eigenvalue weighted by Crippen LogP contribution is 2.28. The molecule has 2 amide bonds. The van der Waals surface area contributed by atoms with Crippen LogP contribution in [0.4, 0.5) is 21.3 Å². The molecular weight excluding hydrogens is 401 g/mol. The number of amides is 2. The number of urea groups is 1. The Bertz CT molecular complexity index is 978. The number of carbonyl (C=O) groups is 1. The van der Waals surface area contributed by atoms with E-state index in [2.05, 4.69) is 20.8 Å². The van der Waals surface area contributed by atoms with Gasteiger partial charge in [0.05, 0.1) is 15.0 Å². The topological polar surface area (TPSA) is 110 Å². The van der Waals surface area contributed by atoms with Gasteiger partial charge < -0.3 is 5.32 Å². The Hall–Kier alpha value is -2.75. The maximum Gasteiger partial charge on any atom is 0.325 e. The molecule has 0 bridgehead atoms. The minimum Gasteiger partial charge on any atom is -0.308 e. The van der Waals surface area contributed by atoms with Crippen molar-refractivity contribution >= 4 is 57.1 Å². The minimum atomic E-state index is -0.519. The van der Waals surface area contributed by atoms with E-state index in [1.807, 2.05) is 0 Å². The van der Waals surface area contributed by atoms with Gasteiger partial charge in [-0.1, -0.05) is 34.5 Å². The lowest BCUT2D eigenvalue weighted by atomic mass is 10.2. The summed E-state index contributed by atoms with van der Waals surface area (Å²) >= 11 is 12.8. The van der Waals surface area contributed by atoms with E-state index in [0.717, 1.165) is 11.3 Å². The van der Waals surface area contributed by atoms with Crippen LogP contribution in [-0.2, 0) is 0 Å². The van der Waals surface area contributed by atoms with Crippen LogP contribution in [0.2, 0.25) is 10.0 Å². The molecule has 0 aliphatic carbocycles. The molecule has 0 atom stereocenters. The summed E-state index contributed by atoms with van der Waals surface area (Å²) in [4.78, 5) is 22.2. The van der Waals surface area contributed by atoms with Crippen LogP contribution in [0.3, 0.4) is 0 Å². The number of rotatable bonds is 4. The van der Waals surface area contributed by atoms with Gasteiger partial charge in [-0.2, -0.15) is 0 Å². The summed E-state index contributed by atoms with van der Waals surface area (Å²) in [5, 5.41) is 25.2. The summed E-state index contributed by atoms with van der Waals surface area (Å²) in [5.41, 5.74) is 1.11. The number of nitro groups is 1. The first-order chi connectivity index (χ1) is 12.4. The third kappa shape index (κ3) is 4.26. The molecule has 132 valence electrons. The van der Waals surface area contributed by atoms with Crippen LogP contribution in [0.25, 0.3) is 10.6 Å². The lowest BCUT2D eigenvalue weighted by molar-refractivity contribution is -0.384. The summed E-state index contributed by atoms with van der Waals surface area (Å²) in [7, 11) is 0. The third-order valence-corrected chi connectivity index (χ3v) is 4.77. The first kappa shape index (κ1) is 18.1. The molecule has 0 spiro atoms. The summed E-state index contributed by atoms with van der Waals surface area (Å²) < 4.78 is 0. The van der Waals surface area contributed by atoms with Crippen LogP contribution in [-0.4, -0.2) is 21.2 Å². The maximum absolute atomic E-state index is 12.0. The van der Waals surface area contributed by atoms with Gasteiger partial charge in [0.15, 0.2) is 0 Å². The number of hydrogen-bond donors (Lipinski definition) is 2. The van der Waals surface area contributed by atoms with Gasteiger partial charge >= 0.3 is 6.03 Å². The van der Waals surface area contributed by atoms with Crippen LogP contribution < -0.4 is 10.6 Å². The molecule has 26 heavy (non-hydrogen) atoms. The molecule has 0 fully saturated rings. The number of carbonyl (C=O) groups excluding carboxylic acids is 1. The molecule has 2 N–H and O–H groups in total. The number of benzene rings is 2. The second-order valence-electron chi connectivity index (χ2n) is 4.92. The second kappa shape index (κ2) is 7.65. The SMILES string of the molecule is O=C(Nc1ccc(Cl)c(Cl)c1)Nc1nnc(-c2ccc([N+](=O)[O-])cc2)s1. The molecule has 0 unspecified atom stereocenters. The number of hydrogen-bond acceptors (Lipinski definition) is 6. The van der Waals surface area contributed by atoms with Crippen LogP contribution in [0, 0.1) is 10.1 Å². The number of nitro benzene ring substituents is 1. The highest BCUT2D eigenvalue weighted by atomic mass is 35.5. The fraction of sp³-hybridized carbons (Fsp3) is 0. The first-order valence-electron chi connectivity index (χ1n) is 7.04. The highest BCUT2D eigenvalue weighted by Gasteiger charge is 2.12. The largest absolute Gasteiger partial charge is 0.325 e. The Morgan fingerprint density at radius 1 is 1.04 bits per heavy atom. The molecule has 0 radical (unpaired) electrons. The summed E-state index contributed by atoms with van der Waals surface area (Å²) in [6.45, 7) is 0. The molecule has 2 aromatic carbocycles. The lowest BCUT2D eigenvalue weighted by Crippen LogP contribution is -2.19. The fourth-order valence-electron chi connectivity index (χ4n) is 1.95. The van der Waals surface area contributed by atoms with E-state index >= 15 is 0 Å². The van der Waals surface area contributed by atoms with Crippen molar-refractivity contribution < 1.29 is 9.72 Å². The van der Waals surface area contributed by atoms with Gasteiger partial charge in [-0.15, -0.1) is 10.2 Å². The van der Waals surface area contributed by atoms with Crippen LogP contribution >= 0.6 is 34.5 Å². The molecule has 1 aromatic heterocycles. The fourth-order valence-corrected chi connectivity index (χ4v) is 2.99. The molecule has 0 saturated heterocycles. The second-order valence-corrected chi connectivity index (χ2v) is 6.72. The standard InChI is InChI=1S/C15H9Cl2N5O3S/c16-11-6-3-9(7-12(11)17)18-14(23)19-15-21-20-13(26-15)8-1-4-10(5-2-8)22(24)25/h1-7H,(H2,18,19,21,23). The molecular formula is C15H9Cl2N5O3S. The quantitative estimate of drug-likeness (QED) is 0.461. The number of nitrogens with one attached hydrogen (secondary N) is 2. The van der Waals surface area contributed by atoms with Gasteiger partial charge in [-0.25, -0.2) is 4.79 Å². The Morgan fingerprint density at radius 2 is 1.77 bits per heavy atom. The normalized spacial score (nSPS) is 10.4. The predicted molar refractivity (Wildman–Crippen MR) is 101 cm³/mol.